The zero-order valence-corrected chi connectivity index (χ0v) is 12.1. The largest absolute Gasteiger partial charge is 0.384 e. The summed E-state index contributed by atoms with van der Waals surface area (Å²) in [6.07, 6.45) is 0.778. The summed E-state index contributed by atoms with van der Waals surface area (Å²) in [6.45, 7) is 2.79. The van der Waals surface area contributed by atoms with Gasteiger partial charge in [0.15, 0.2) is 0 Å². The van der Waals surface area contributed by atoms with Crippen LogP contribution in [0.5, 0.6) is 0 Å². The molecule has 1 unspecified atom stereocenters. The van der Waals surface area contributed by atoms with Gasteiger partial charge in [0.05, 0.1) is 6.61 Å². The van der Waals surface area contributed by atoms with Crippen molar-refractivity contribution >= 4 is 21.8 Å². The molecule has 1 rings (SSSR count). The molecule has 0 bridgehead atoms. The number of rotatable bonds is 6. The molecule has 0 saturated carbocycles. The third-order valence-corrected chi connectivity index (χ3v) is 3.23. The predicted octanol–water partition coefficient (Wildman–Crippen LogP) is 2.66. The van der Waals surface area contributed by atoms with Crippen LogP contribution < -0.4 is 5.32 Å². The van der Waals surface area contributed by atoms with E-state index in [9.17, 15) is 9.18 Å². The van der Waals surface area contributed by atoms with Gasteiger partial charge in [0.1, 0.15) is 5.82 Å². The van der Waals surface area contributed by atoms with Crippen LogP contribution in [-0.4, -0.2) is 31.0 Å². The number of halogens is 2. The van der Waals surface area contributed by atoms with Gasteiger partial charge < -0.3 is 10.1 Å². The zero-order chi connectivity index (χ0) is 13.5. The zero-order valence-electron chi connectivity index (χ0n) is 10.5. The SMILES string of the molecule is COCC(Br)CCNC(=O)c1ccc(F)c(C)c1. The molecule has 3 nitrogen and oxygen atoms in total. The van der Waals surface area contributed by atoms with Crippen molar-refractivity contribution in [1.82, 2.24) is 5.32 Å². The Labute approximate surface area is 115 Å². The number of methoxy groups -OCH3 is 1. The van der Waals surface area contributed by atoms with Crippen molar-refractivity contribution < 1.29 is 13.9 Å². The predicted molar refractivity (Wildman–Crippen MR) is 72.7 cm³/mol. The van der Waals surface area contributed by atoms with Gasteiger partial charge in [-0.15, -0.1) is 0 Å². The fraction of sp³-hybridized carbons (Fsp3) is 0.462. The van der Waals surface area contributed by atoms with Crippen molar-refractivity contribution in [2.24, 2.45) is 0 Å². The summed E-state index contributed by atoms with van der Waals surface area (Å²) in [5.41, 5.74) is 0.951. The Hall–Kier alpha value is -0.940. The first-order valence-corrected chi connectivity index (χ1v) is 6.63. The van der Waals surface area contributed by atoms with E-state index in [-0.39, 0.29) is 16.6 Å². The average Bonchev–Trinajstić information content (AvgIpc) is 2.33. The Morgan fingerprint density at radius 1 is 1.56 bits per heavy atom. The molecule has 18 heavy (non-hydrogen) atoms. The molecule has 1 aromatic carbocycles. The van der Waals surface area contributed by atoms with E-state index in [4.69, 9.17) is 4.74 Å². The van der Waals surface area contributed by atoms with Crippen LogP contribution in [0.1, 0.15) is 22.3 Å². The maximum Gasteiger partial charge on any atom is 0.251 e. The number of carbonyl (C=O) groups excluding carboxylic acids is 1. The molecule has 0 saturated heterocycles. The summed E-state index contributed by atoms with van der Waals surface area (Å²) in [6, 6.07) is 4.34. The minimum Gasteiger partial charge on any atom is -0.384 e. The molecule has 0 aliphatic heterocycles. The van der Waals surface area contributed by atoms with E-state index in [0.29, 0.717) is 24.3 Å². The Kier molecular flexibility index (Phi) is 6.29. The Balaban J connectivity index is 2.43. The van der Waals surface area contributed by atoms with E-state index < -0.39 is 0 Å². The standard InChI is InChI=1S/C13H17BrFNO2/c1-9-7-10(3-4-12(9)15)13(17)16-6-5-11(14)8-18-2/h3-4,7,11H,5-6,8H2,1-2H3,(H,16,17). The number of alkyl halides is 1. The van der Waals surface area contributed by atoms with E-state index in [1.54, 1.807) is 20.1 Å². The lowest BCUT2D eigenvalue weighted by atomic mass is 10.1. The van der Waals surface area contributed by atoms with Crippen molar-refractivity contribution in [3.8, 4) is 0 Å². The molecule has 0 radical (unpaired) electrons. The summed E-state index contributed by atoms with van der Waals surface area (Å²) in [5, 5.41) is 2.79. The van der Waals surface area contributed by atoms with E-state index in [0.717, 1.165) is 6.42 Å². The Bertz CT molecular complexity index is 412. The lowest BCUT2D eigenvalue weighted by Gasteiger charge is -2.10. The first-order valence-electron chi connectivity index (χ1n) is 5.72. The van der Waals surface area contributed by atoms with E-state index in [2.05, 4.69) is 21.2 Å². The molecular weight excluding hydrogens is 301 g/mol. The van der Waals surface area contributed by atoms with Crippen LogP contribution >= 0.6 is 15.9 Å². The van der Waals surface area contributed by atoms with Gasteiger partial charge in [-0.2, -0.15) is 0 Å². The molecular formula is C13H17BrFNO2. The number of aryl methyl sites for hydroxylation is 1. The van der Waals surface area contributed by atoms with Crippen LogP contribution in [0.3, 0.4) is 0 Å². The minimum absolute atomic E-state index is 0.185. The fourth-order valence-corrected chi connectivity index (χ4v) is 1.99. The molecule has 1 N–H and O–H groups in total. The molecule has 0 heterocycles. The highest BCUT2D eigenvalue weighted by Gasteiger charge is 2.08. The second-order valence-electron chi connectivity index (χ2n) is 4.06. The first kappa shape index (κ1) is 15.1. The number of hydrogen-bond acceptors (Lipinski definition) is 2. The van der Waals surface area contributed by atoms with Gasteiger partial charge in [0.2, 0.25) is 0 Å². The minimum atomic E-state index is -0.299. The Morgan fingerprint density at radius 3 is 2.89 bits per heavy atom. The summed E-state index contributed by atoms with van der Waals surface area (Å²) in [7, 11) is 1.63. The van der Waals surface area contributed by atoms with Crippen LogP contribution in [0.15, 0.2) is 18.2 Å². The highest BCUT2D eigenvalue weighted by atomic mass is 79.9. The fourth-order valence-electron chi connectivity index (χ4n) is 1.49. The van der Waals surface area contributed by atoms with Gasteiger partial charge in [-0.25, -0.2) is 4.39 Å². The highest BCUT2D eigenvalue weighted by molar-refractivity contribution is 9.09. The van der Waals surface area contributed by atoms with Crippen molar-refractivity contribution in [2.75, 3.05) is 20.3 Å². The quantitative estimate of drug-likeness (QED) is 0.819. The summed E-state index contributed by atoms with van der Waals surface area (Å²) >= 11 is 3.44. The van der Waals surface area contributed by atoms with Gasteiger partial charge in [-0.1, -0.05) is 15.9 Å². The highest BCUT2D eigenvalue weighted by Crippen LogP contribution is 2.09. The number of ether oxygens (including phenoxy) is 1. The average molecular weight is 318 g/mol. The second-order valence-corrected chi connectivity index (χ2v) is 5.36. The lowest BCUT2D eigenvalue weighted by Crippen LogP contribution is -2.27. The summed E-state index contributed by atoms with van der Waals surface area (Å²) < 4.78 is 18.0. The Morgan fingerprint density at radius 2 is 2.28 bits per heavy atom. The smallest absolute Gasteiger partial charge is 0.251 e. The van der Waals surface area contributed by atoms with E-state index >= 15 is 0 Å². The number of benzene rings is 1. The molecule has 0 spiro atoms. The molecule has 0 aliphatic carbocycles. The second kappa shape index (κ2) is 7.48. The third kappa shape index (κ3) is 4.74. The maximum atomic E-state index is 13.1. The third-order valence-electron chi connectivity index (χ3n) is 2.51. The van der Waals surface area contributed by atoms with Crippen molar-refractivity contribution in [1.29, 1.82) is 0 Å². The molecule has 0 aromatic heterocycles. The van der Waals surface area contributed by atoms with Crippen LogP contribution in [0.4, 0.5) is 4.39 Å². The molecule has 5 heteroatoms. The first-order chi connectivity index (χ1) is 8.54. The number of amides is 1. The number of nitrogens with one attached hydrogen (secondary N) is 1. The molecule has 1 amide bonds. The van der Waals surface area contributed by atoms with Gasteiger partial charge in [-0.3, -0.25) is 4.79 Å². The van der Waals surface area contributed by atoms with Crippen molar-refractivity contribution in [3.63, 3.8) is 0 Å². The molecule has 0 aliphatic rings. The van der Waals surface area contributed by atoms with Crippen LogP contribution in [0, 0.1) is 12.7 Å². The van der Waals surface area contributed by atoms with Crippen LogP contribution in [-0.2, 0) is 4.74 Å². The summed E-state index contributed by atoms with van der Waals surface area (Å²) in [5.74, 6) is -0.484. The maximum absolute atomic E-state index is 13.1. The topological polar surface area (TPSA) is 38.3 Å². The van der Waals surface area contributed by atoms with Gasteiger partial charge in [-0.05, 0) is 37.1 Å². The normalized spacial score (nSPS) is 12.2. The van der Waals surface area contributed by atoms with Gasteiger partial charge >= 0.3 is 0 Å². The lowest BCUT2D eigenvalue weighted by molar-refractivity contribution is 0.0952. The van der Waals surface area contributed by atoms with Crippen LogP contribution in [0.2, 0.25) is 0 Å². The summed E-state index contributed by atoms with van der Waals surface area (Å²) in [4.78, 5) is 12.0. The molecule has 1 aromatic rings. The number of hydrogen-bond donors (Lipinski definition) is 1. The van der Waals surface area contributed by atoms with Gasteiger partial charge in [0.25, 0.3) is 5.91 Å². The number of carbonyl (C=O) groups is 1. The monoisotopic (exact) mass is 317 g/mol. The van der Waals surface area contributed by atoms with Gasteiger partial charge in [0, 0.05) is 24.0 Å². The van der Waals surface area contributed by atoms with E-state index in [1.165, 1.54) is 12.1 Å². The van der Waals surface area contributed by atoms with Crippen molar-refractivity contribution in [2.45, 2.75) is 18.2 Å². The molecule has 0 fully saturated rings. The molecule has 1 atom stereocenters. The molecule has 100 valence electrons. The van der Waals surface area contributed by atoms with E-state index in [1.807, 2.05) is 0 Å². The van der Waals surface area contributed by atoms with Crippen LogP contribution in [0.25, 0.3) is 0 Å². The van der Waals surface area contributed by atoms with Crippen molar-refractivity contribution in [3.05, 3.63) is 35.1 Å².